The summed E-state index contributed by atoms with van der Waals surface area (Å²) in [6, 6.07) is 11.0. The summed E-state index contributed by atoms with van der Waals surface area (Å²) in [5, 5.41) is 23.4. The van der Waals surface area contributed by atoms with Gasteiger partial charge in [-0.15, -0.1) is 0 Å². The van der Waals surface area contributed by atoms with Gasteiger partial charge in [0.2, 0.25) is 5.91 Å². The number of piperidine rings is 1. The summed E-state index contributed by atoms with van der Waals surface area (Å²) in [6.07, 6.45) is 8.31. The van der Waals surface area contributed by atoms with E-state index in [1.165, 1.54) is 18.4 Å². The number of carbonyl (C=O) groups is 1. The number of benzene rings is 2. The van der Waals surface area contributed by atoms with Gasteiger partial charge in [0, 0.05) is 37.0 Å². The minimum absolute atomic E-state index is 0.0290. The molecule has 5 atom stereocenters. The molecule has 2 heterocycles. The maximum Gasteiger partial charge on any atom is 0.246 e. The van der Waals surface area contributed by atoms with E-state index in [-0.39, 0.29) is 23.7 Å². The van der Waals surface area contributed by atoms with Gasteiger partial charge >= 0.3 is 0 Å². The maximum absolute atomic E-state index is 13.4. The molecule has 0 radical (unpaired) electrons. The van der Waals surface area contributed by atoms with Crippen molar-refractivity contribution in [2.45, 2.75) is 67.7 Å². The third-order valence-corrected chi connectivity index (χ3v) is 9.91. The average Bonchev–Trinajstić information content (AvgIpc) is 3.62. The number of anilines is 1. The Labute approximate surface area is 217 Å². The lowest BCUT2D eigenvalue weighted by atomic mass is 9.48. The zero-order valence-corrected chi connectivity index (χ0v) is 21.3. The van der Waals surface area contributed by atoms with Crippen molar-refractivity contribution in [3.8, 4) is 11.5 Å². The van der Waals surface area contributed by atoms with E-state index in [1.807, 2.05) is 37.4 Å². The van der Waals surface area contributed by atoms with Gasteiger partial charge in [-0.25, -0.2) is 0 Å². The van der Waals surface area contributed by atoms with Gasteiger partial charge in [0.15, 0.2) is 11.5 Å². The van der Waals surface area contributed by atoms with Crippen molar-refractivity contribution < 1.29 is 19.7 Å². The number of carbonyl (C=O) groups excluding carboxylic acids is 1. The number of amides is 1. The van der Waals surface area contributed by atoms with Gasteiger partial charge in [-0.1, -0.05) is 18.2 Å². The summed E-state index contributed by atoms with van der Waals surface area (Å²) in [5.41, 5.74) is 7.99. The molecule has 194 valence electrons. The van der Waals surface area contributed by atoms with Gasteiger partial charge in [0.05, 0.1) is 17.1 Å². The second kappa shape index (κ2) is 7.98. The number of aliphatic hydroxyl groups is 1. The summed E-state index contributed by atoms with van der Waals surface area (Å²) in [6.45, 7) is 1.95. The van der Waals surface area contributed by atoms with Crippen LogP contribution in [0.1, 0.15) is 48.8 Å². The molecule has 2 aromatic carbocycles. The van der Waals surface area contributed by atoms with Crippen molar-refractivity contribution in [2.24, 2.45) is 5.92 Å². The molecule has 3 fully saturated rings. The van der Waals surface area contributed by atoms with Gasteiger partial charge in [-0.3, -0.25) is 9.69 Å². The van der Waals surface area contributed by atoms with Crippen molar-refractivity contribution in [3.05, 3.63) is 59.2 Å². The number of phenols is 1. The van der Waals surface area contributed by atoms with Gasteiger partial charge in [-0.05, 0) is 86.4 Å². The number of ether oxygens (including phenoxy) is 1. The first-order valence-corrected chi connectivity index (χ1v) is 13.6. The number of rotatable bonds is 5. The summed E-state index contributed by atoms with van der Waals surface area (Å²) >= 11 is 0. The predicted octanol–water partition coefficient (Wildman–Crippen LogP) is 3.08. The lowest BCUT2D eigenvalue weighted by molar-refractivity contribution is -0.200. The molecule has 7 nitrogen and oxygen atoms in total. The molecule has 4 N–H and O–H groups in total. The topological polar surface area (TPSA) is 99.3 Å². The molecule has 37 heavy (non-hydrogen) atoms. The van der Waals surface area contributed by atoms with Crippen molar-refractivity contribution in [2.75, 3.05) is 25.9 Å². The van der Waals surface area contributed by atoms with E-state index in [2.05, 4.69) is 4.90 Å². The molecular formula is C30H35N3O4. The monoisotopic (exact) mass is 501 g/mol. The number of aromatic hydroxyl groups is 1. The average molecular weight is 502 g/mol. The first-order valence-electron chi connectivity index (χ1n) is 13.6. The van der Waals surface area contributed by atoms with E-state index in [4.69, 9.17) is 10.5 Å². The van der Waals surface area contributed by atoms with Crippen molar-refractivity contribution in [1.29, 1.82) is 0 Å². The number of likely N-dealkylation sites (N-methyl/N-ethyl adjacent to an activating group) is 1. The van der Waals surface area contributed by atoms with Crippen molar-refractivity contribution in [1.82, 2.24) is 9.80 Å². The highest BCUT2D eigenvalue weighted by Crippen LogP contribution is 2.66. The Morgan fingerprint density at radius 3 is 2.86 bits per heavy atom. The Morgan fingerprint density at radius 1 is 1.24 bits per heavy atom. The Morgan fingerprint density at radius 2 is 2.08 bits per heavy atom. The molecule has 3 aliphatic carbocycles. The molecule has 1 saturated heterocycles. The number of hydrogen-bond donors (Lipinski definition) is 3. The van der Waals surface area contributed by atoms with Gasteiger partial charge < -0.3 is 25.6 Å². The van der Waals surface area contributed by atoms with Crippen LogP contribution in [0.25, 0.3) is 6.08 Å². The third-order valence-electron chi connectivity index (χ3n) is 9.91. The minimum atomic E-state index is -0.950. The van der Waals surface area contributed by atoms with E-state index in [0.717, 1.165) is 43.0 Å². The van der Waals surface area contributed by atoms with E-state index in [9.17, 15) is 15.0 Å². The Balaban J connectivity index is 1.25. The van der Waals surface area contributed by atoms with Crippen molar-refractivity contribution >= 4 is 17.7 Å². The quantitative estimate of drug-likeness (QED) is 0.430. The minimum Gasteiger partial charge on any atom is -0.504 e. The fourth-order valence-electron chi connectivity index (χ4n) is 7.96. The highest BCUT2D eigenvalue weighted by Gasteiger charge is 2.73. The summed E-state index contributed by atoms with van der Waals surface area (Å²) in [7, 11) is 1.83. The number of nitrogens with two attached hydrogens (primary N) is 1. The van der Waals surface area contributed by atoms with Crippen LogP contribution in [0.5, 0.6) is 11.5 Å². The maximum atomic E-state index is 13.4. The summed E-state index contributed by atoms with van der Waals surface area (Å²) < 4.78 is 6.60. The van der Waals surface area contributed by atoms with E-state index in [1.54, 1.807) is 23.1 Å². The number of nitrogens with zero attached hydrogens (tertiary/aromatic N) is 2. The first kappa shape index (κ1) is 23.1. The largest absolute Gasteiger partial charge is 0.504 e. The van der Waals surface area contributed by atoms with Crippen LogP contribution in [0.3, 0.4) is 0 Å². The molecule has 7 heteroatoms. The number of nitrogen functional groups attached to an aromatic ring is 1. The van der Waals surface area contributed by atoms with Crippen molar-refractivity contribution in [3.63, 3.8) is 0 Å². The molecular weight excluding hydrogens is 466 g/mol. The summed E-state index contributed by atoms with van der Waals surface area (Å²) in [4.78, 5) is 17.6. The highest BCUT2D eigenvalue weighted by molar-refractivity contribution is 5.92. The molecule has 1 amide bonds. The van der Waals surface area contributed by atoms with Gasteiger partial charge in [0.1, 0.15) is 6.10 Å². The molecule has 2 aromatic rings. The van der Waals surface area contributed by atoms with Crippen LogP contribution >= 0.6 is 0 Å². The van der Waals surface area contributed by atoms with Gasteiger partial charge in [0.25, 0.3) is 0 Å². The Bertz CT molecular complexity index is 1310. The fourth-order valence-corrected chi connectivity index (χ4v) is 7.96. The molecule has 0 unspecified atom stereocenters. The van der Waals surface area contributed by atoms with E-state index in [0.29, 0.717) is 24.3 Å². The van der Waals surface area contributed by atoms with Crippen LogP contribution in [-0.2, 0) is 16.6 Å². The lowest BCUT2D eigenvalue weighted by Gasteiger charge is -2.64. The molecule has 1 spiro atoms. The highest BCUT2D eigenvalue weighted by atomic mass is 16.5. The lowest BCUT2D eigenvalue weighted by Crippen LogP contribution is -2.78. The van der Waals surface area contributed by atoms with Gasteiger partial charge in [-0.2, -0.15) is 0 Å². The molecule has 2 bridgehead atoms. The summed E-state index contributed by atoms with van der Waals surface area (Å²) in [5.74, 6) is 1.27. The van der Waals surface area contributed by atoms with Crippen LogP contribution in [-0.4, -0.2) is 69.8 Å². The van der Waals surface area contributed by atoms with Crippen LogP contribution < -0.4 is 10.5 Å². The molecule has 2 saturated carbocycles. The SMILES string of the molecule is CN(C(=O)C=Cc1cccc(N)c1)[C@@H]1CC[C@@]2(O)[C@H]3Cc4ccc(O)c5c4[C@@]2(CCN3CC2CC2)[C@H]1O5. The van der Waals surface area contributed by atoms with Crippen LogP contribution in [0.2, 0.25) is 0 Å². The molecule has 2 aliphatic heterocycles. The third kappa shape index (κ3) is 3.23. The Kier molecular flexibility index (Phi) is 4.99. The first-order chi connectivity index (χ1) is 17.8. The van der Waals surface area contributed by atoms with Crippen LogP contribution in [0.4, 0.5) is 5.69 Å². The smallest absolute Gasteiger partial charge is 0.246 e. The number of phenolic OH excluding ortho intramolecular Hbond substituents is 1. The molecule has 5 aliphatic rings. The normalized spacial score (nSPS) is 33.7. The van der Waals surface area contributed by atoms with Crippen LogP contribution in [0.15, 0.2) is 42.5 Å². The predicted molar refractivity (Wildman–Crippen MR) is 141 cm³/mol. The van der Waals surface area contributed by atoms with E-state index < -0.39 is 17.1 Å². The second-order valence-corrected chi connectivity index (χ2v) is 11.8. The zero-order valence-electron chi connectivity index (χ0n) is 21.3. The number of hydrogen-bond acceptors (Lipinski definition) is 6. The van der Waals surface area contributed by atoms with Crippen LogP contribution in [0, 0.1) is 5.92 Å². The Hall–Kier alpha value is -3.03. The fraction of sp³-hybridized carbons (Fsp3) is 0.500. The van der Waals surface area contributed by atoms with E-state index >= 15 is 0 Å². The molecule has 0 aromatic heterocycles. The molecule has 7 rings (SSSR count). The zero-order chi connectivity index (χ0) is 25.5. The number of likely N-dealkylation sites (tertiary alicyclic amines) is 1. The second-order valence-electron chi connectivity index (χ2n) is 11.8. The standard InChI is InChI=1S/C30H35N3O4/c1-32(25(35)10-7-18-3-2-4-21(31)15-18)22-11-12-30(36)24-16-20-8-9-23(34)27-26(20)29(30,28(22)37-27)13-14-33(24)17-19-5-6-19/h2-4,7-10,15,19,22,24,28,34,36H,5-6,11-14,16-17,31H2,1H3/t22-,24-,28+,29+,30-/m1/s1.